The van der Waals surface area contributed by atoms with Gasteiger partial charge in [-0.15, -0.1) is 0 Å². The van der Waals surface area contributed by atoms with Crippen molar-refractivity contribution in [2.24, 2.45) is 0 Å². The lowest BCUT2D eigenvalue weighted by molar-refractivity contribution is 0.932. The number of benzene rings is 1. The first kappa shape index (κ1) is 13.2. The number of aromatic nitrogens is 3. The second kappa shape index (κ2) is 5.69. The molecule has 6 heteroatoms. The number of hydrogen-bond donors (Lipinski definition) is 1. The number of anilines is 1. The Morgan fingerprint density at radius 1 is 1.15 bits per heavy atom. The summed E-state index contributed by atoms with van der Waals surface area (Å²) in [5.41, 5.74) is 1.88. The number of hydrogen-bond acceptors (Lipinski definition) is 3. The quantitative estimate of drug-likeness (QED) is 0.799. The van der Waals surface area contributed by atoms with Crippen LogP contribution in [0.25, 0.3) is 5.65 Å². The molecule has 2 heterocycles. The molecule has 2 aromatic heterocycles. The van der Waals surface area contributed by atoms with E-state index in [0.717, 1.165) is 30.0 Å². The fourth-order valence-corrected chi connectivity index (χ4v) is 2.46. The Morgan fingerprint density at radius 3 is 2.90 bits per heavy atom. The average molecular weight is 307 g/mol. The van der Waals surface area contributed by atoms with Gasteiger partial charge in [-0.25, -0.2) is 9.50 Å². The summed E-state index contributed by atoms with van der Waals surface area (Å²) in [6.45, 7) is 0.749. The van der Waals surface area contributed by atoms with Crippen molar-refractivity contribution in [2.75, 3.05) is 11.9 Å². The van der Waals surface area contributed by atoms with Gasteiger partial charge in [0.1, 0.15) is 5.82 Å². The van der Waals surface area contributed by atoms with Gasteiger partial charge in [0.15, 0.2) is 5.65 Å². The standard InChI is InChI=1S/C14H12Cl2N4/c15-11-2-1-10(12(16)9-11)3-6-17-13-5-8-20-14(19-13)4-7-18-20/h1-2,4-5,7-9H,3,6H2,(H,17,19). The lowest BCUT2D eigenvalue weighted by Crippen LogP contribution is -2.07. The van der Waals surface area contributed by atoms with Crippen molar-refractivity contribution in [3.05, 3.63) is 58.3 Å². The molecule has 0 spiro atoms. The molecule has 4 nitrogen and oxygen atoms in total. The molecule has 0 atom stereocenters. The van der Waals surface area contributed by atoms with Crippen LogP contribution in [0.4, 0.5) is 5.82 Å². The summed E-state index contributed by atoms with van der Waals surface area (Å²) in [7, 11) is 0. The number of rotatable bonds is 4. The molecule has 0 aliphatic heterocycles. The Bertz CT molecular complexity index is 739. The smallest absolute Gasteiger partial charge is 0.157 e. The van der Waals surface area contributed by atoms with Crippen LogP contribution in [-0.2, 0) is 6.42 Å². The van der Waals surface area contributed by atoms with E-state index in [0.29, 0.717) is 10.0 Å². The second-order valence-electron chi connectivity index (χ2n) is 4.36. The molecule has 3 aromatic rings. The Kier molecular flexibility index (Phi) is 3.76. The van der Waals surface area contributed by atoms with Gasteiger partial charge in [0.2, 0.25) is 0 Å². The van der Waals surface area contributed by atoms with E-state index in [1.165, 1.54) is 0 Å². The summed E-state index contributed by atoms with van der Waals surface area (Å²) in [6.07, 6.45) is 4.40. The van der Waals surface area contributed by atoms with Crippen LogP contribution in [0.2, 0.25) is 10.0 Å². The van der Waals surface area contributed by atoms with E-state index in [9.17, 15) is 0 Å². The van der Waals surface area contributed by atoms with Crippen molar-refractivity contribution in [2.45, 2.75) is 6.42 Å². The minimum absolute atomic E-state index is 0.652. The fraction of sp³-hybridized carbons (Fsp3) is 0.143. The molecule has 0 aliphatic carbocycles. The Morgan fingerprint density at radius 2 is 2.05 bits per heavy atom. The van der Waals surface area contributed by atoms with Crippen LogP contribution < -0.4 is 5.32 Å². The van der Waals surface area contributed by atoms with Crippen LogP contribution in [0.1, 0.15) is 5.56 Å². The van der Waals surface area contributed by atoms with Gasteiger partial charge in [-0.3, -0.25) is 0 Å². The minimum Gasteiger partial charge on any atom is -0.370 e. The normalized spacial score (nSPS) is 10.9. The molecule has 0 saturated carbocycles. The number of fused-ring (bicyclic) bond motifs is 1. The van der Waals surface area contributed by atoms with Gasteiger partial charge in [0.25, 0.3) is 0 Å². The van der Waals surface area contributed by atoms with Gasteiger partial charge in [-0.05, 0) is 30.2 Å². The molecule has 0 amide bonds. The summed E-state index contributed by atoms with van der Waals surface area (Å²) in [6, 6.07) is 9.30. The first-order valence-corrected chi connectivity index (χ1v) is 6.96. The molecule has 0 unspecified atom stereocenters. The highest BCUT2D eigenvalue weighted by Gasteiger charge is 2.02. The summed E-state index contributed by atoms with van der Waals surface area (Å²) in [4.78, 5) is 4.44. The van der Waals surface area contributed by atoms with Gasteiger partial charge < -0.3 is 5.32 Å². The highest BCUT2D eigenvalue weighted by Crippen LogP contribution is 2.21. The summed E-state index contributed by atoms with van der Waals surface area (Å²) in [5, 5.41) is 8.72. The first-order chi connectivity index (χ1) is 9.72. The number of halogens is 2. The molecule has 3 rings (SSSR count). The highest BCUT2D eigenvalue weighted by atomic mass is 35.5. The topological polar surface area (TPSA) is 42.2 Å². The Balaban J connectivity index is 1.64. The molecule has 102 valence electrons. The second-order valence-corrected chi connectivity index (χ2v) is 5.20. The van der Waals surface area contributed by atoms with E-state index in [1.54, 1.807) is 16.8 Å². The molecular formula is C14H12Cl2N4. The van der Waals surface area contributed by atoms with Gasteiger partial charge in [-0.2, -0.15) is 5.10 Å². The van der Waals surface area contributed by atoms with Crippen molar-refractivity contribution in [3.63, 3.8) is 0 Å². The SMILES string of the molecule is Clc1ccc(CCNc2ccn3nccc3n2)c(Cl)c1. The van der Waals surface area contributed by atoms with Gasteiger partial charge in [0, 0.05) is 28.9 Å². The largest absolute Gasteiger partial charge is 0.370 e. The van der Waals surface area contributed by atoms with Gasteiger partial charge in [-0.1, -0.05) is 29.3 Å². The van der Waals surface area contributed by atoms with Crippen molar-refractivity contribution in [1.29, 1.82) is 0 Å². The molecule has 0 radical (unpaired) electrons. The van der Waals surface area contributed by atoms with Crippen molar-refractivity contribution in [3.8, 4) is 0 Å². The average Bonchev–Trinajstić information content (AvgIpc) is 2.89. The van der Waals surface area contributed by atoms with E-state index in [1.807, 2.05) is 30.5 Å². The van der Waals surface area contributed by atoms with Crippen molar-refractivity contribution in [1.82, 2.24) is 14.6 Å². The third-order valence-corrected chi connectivity index (χ3v) is 3.56. The Labute approximate surface area is 126 Å². The van der Waals surface area contributed by atoms with Crippen LogP contribution in [0.5, 0.6) is 0 Å². The molecule has 1 aromatic carbocycles. The van der Waals surface area contributed by atoms with Crippen molar-refractivity contribution < 1.29 is 0 Å². The number of nitrogens with zero attached hydrogens (tertiary/aromatic N) is 3. The monoisotopic (exact) mass is 306 g/mol. The van der Waals surface area contributed by atoms with Crippen LogP contribution >= 0.6 is 23.2 Å². The van der Waals surface area contributed by atoms with Crippen LogP contribution in [0.15, 0.2) is 42.7 Å². The molecule has 0 saturated heterocycles. The predicted octanol–water partition coefficient (Wildman–Crippen LogP) is 3.69. The maximum Gasteiger partial charge on any atom is 0.157 e. The zero-order valence-corrected chi connectivity index (χ0v) is 12.1. The maximum atomic E-state index is 6.14. The third kappa shape index (κ3) is 2.86. The van der Waals surface area contributed by atoms with E-state index in [2.05, 4.69) is 15.4 Å². The number of nitrogens with one attached hydrogen (secondary N) is 1. The molecule has 20 heavy (non-hydrogen) atoms. The molecular weight excluding hydrogens is 295 g/mol. The minimum atomic E-state index is 0.652. The summed E-state index contributed by atoms with van der Waals surface area (Å²) in [5.74, 6) is 0.822. The third-order valence-electron chi connectivity index (χ3n) is 2.97. The predicted molar refractivity (Wildman–Crippen MR) is 81.6 cm³/mol. The van der Waals surface area contributed by atoms with E-state index in [4.69, 9.17) is 23.2 Å². The lowest BCUT2D eigenvalue weighted by atomic mass is 10.1. The lowest BCUT2D eigenvalue weighted by Gasteiger charge is -2.07. The zero-order chi connectivity index (χ0) is 13.9. The van der Waals surface area contributed by atoms with Crippen LogP contribution in [0.3, 0.4) is 0 Å². The van der Waals surface area contributed by atoms with Crippen molar-refractivity contribution >= 4 is 34.7 Å². The van der Waals surface area contributed by atoms with Crippen LogP contribution in [0, 0.1) is 0 Å². The summed E-state index contributed by atoms with van der Waals surface area (Å²) >= 11 is 12.0. The molecule has 0 aliphatic rings. The van der Waals surface area contributed by atoms with Gasteiger partial charge in [0.05, 0.1) is 6.20 Å². The Hall–Kier alpha value is -1.78. The highest BCUT2D eigenvalue weighted by molar-refractivity contribution is 6.35. The van der Waals surface area contributed by atoms with E-state index < -0.39 is 0 Å². The first-order valence-electron chi connectivity index (χ1n) is 6.20. The molecule has 0 fully saturated rings. The van der Waals surface area contributed by atoms with Gasteiger partial charge >= 0.3 is 0 Å². The zero-order valence-electron chi connectivity index (χ0n) is 10.6. The maximum absolute atomic E-state index is 6.14. The molecule has 1 N–H and O–H groups in total. The van der Waals surface area contributed by atoms with Crippen LogP contribution in [-0.4, -0.2) is 21.1 Å². The summed E-state index contributed by atoms with van der Waals surface area (Å²) < 4.78 is 1.72. The molecule has 0 bridgehead atoms. The van der Waals surface area contributed by atoms with E-state index >= 15 is 0 Å². The van der Waals surface area contributed by atoms with E-state index in [-0.39, 0.29) is 0 Å². The fourth-order valence-electron chi connectivity index (χ4n) is 1.96.